The first-order valence-corrected chi connectivity index (χ1v) is 6.76. The third-order valence-electron chi connectivity index (χ3n) is 3.48. The lowest BCUT2D eigenvalue weighted by molar-refractivity contribution is -0.137. The zero-order valence-corrected chi connectivity index (χ0v) is 11.3. The molecule has 0 bridgehead atoms. The van der Waals surface area contributed by atoms with Crippen LogP contribution in [-0.4, -0.2) is 25.0 Å². The van der Waals surface area contributed by atoms with Crippen LogP contribution in [0.15, 0.2) is 18.2 Å². The summed E-state index contributed by atoms with van der Waals surface area (Å²) in [4.78, 5) is 11.8. The van der Waals surface area contributed by atoms with Gasteiger partial charge in [-0.25, -0.2) is 4.39 Å². The summed E-state index contributed by atoms with van der Waals surface area (Å²) < 4.78 is 51.2. The van der Waals surface area contributed by atoms with E-state index in [2.05, 4.69) is 10.6 Å². The molecule has 1 aliphatic rings. The van der Waals surface area contributed by atoms with Crippen molar-refractivity contribution in [3.63, 3.8) is 0 Å². The standard InChI is InChI=1S/C14H16F4N2O/c15-12-4-3-9(14(16,17)18)8-11(12)13(21)20-7-5-10-2-1-6-19-10/h3-4,8,10,19H,1-2,5-7H2,(H,20,21). The van der Waals surface area contributed by atoms with Gasteiger partial charge in [-0.3, -0.25) is 4.79 Å². The fraction of sp³-hybridized carbons (Fsp3) is 0.500. The van der Waals surface area contributed by atoms with Crippen molar-refractivity contribution < 1.29 is 22.4 Å². The predicted octanol–water partition coefficient (Wildman–Crippen LogP) is 2.72. The van der Waals surface area contributed by atoms with Crippen LogP contribution in [0.25, 0.3) is 0 Å². The lowest BCUT2D eigenvalue weighted by Crippen LogP contribution is -2.31. The lowest BCUT2D eigenvalue weighted by atomic mass is 10.1. The van der Waals surface area contributed by atoms with E-state index in [4.69, 9.17) is 0 Å². The SMILES string of the molecule is O=C(NCCC1CCCN1)c1cc(C(F)(F)F)ccc1F. The maximum atomic E-state index is 13.5. The summed E-state index contributed by atoms with van der Waals surface area (Å²) in [6.45, 7) is 1.23. The van der Waals surface area contributed by atoms with Crippen molar-refractivity contribution in [2.45, 2.75) is 31.5 Å². The predicted molar refractivity (Wildman–Crippen MR) is 69.4 cm³/mol. The van der Waals surface area contributed by atoms with E-state index < -0.39 is 29.0 Å². The minimum Gasteiger partial charge on any atom is -0.352 e. The van der Waals surface area contributed by atoms with Crippen LogP contribution < -0.4 is 10.6 Å². The zero-order chi connectivity index (χ0) is 15.5. The highest BCUT2D eigenvalue weighted by molar-refractivity contribution is 5.94. The monoisotopic (exact) mass is 304 g/mol. The number of nitrogens with one attached hydrogen (secondary N) is 2. The molecule has 0 radical (unpaired) electrons. The Morgan fingerprint density at radius 3 is 2.76 bits per heavy atom. The summed E-state index contributed by atoms with van der Waals surface area (Å²) in [7, 11) is 0. The third-order valence-corrected chi connectivity index (χ3v) is 3.48. The molecule has 1 amide bonds. The molecule has 1 saturated heterocycles. The summed E-state index contributed by atoms with van der Waals surface area (Å²) in [5.41, 5.74) is -1.62. The molecule has 1 aromatic carbocycles. The van der Waals surface area contributed by atoms with E-state index in [0.29, 0.717) is 37.2 Å². The molecule has 3 nitrogen and oxygen atoms in total. The van der Waals surface area contributed by atoms with Crippen LogP contribution in [0.2, 0.25) is 0 Å². The number of hydrogen-bond donors (Lipinski definition) is 2. The van der Waals surface area contributed by atoms with Gasteiger partial charge in [0.05, 0.1) is 11.1 Å². The van der Waals surface area contributed by atoms with Crippen LogP contribution in [0.1, 0.15) is 35.2 Å². The first-order chi connectivity index (χ1) is 9.88. The largest absolute Gasteiger partial charge is 0.416 e. The Balaban J connectivity index is 1.97. The number of rotatable bonds is 4. The van der Waals surface area contributed by atoms with Crippen molar-refractivity contribution >= 4 is 5.91 Å². The highest BCUT2D eigenvalue weighted by atomic mass is 19.4. The van der Waals surface area contributed by atoms with Crippen molar-refractivity contribution in [1.29, 1.82) is 0 Å². The van der Waals surface area contributed by atoms with Crippen LogP contribution in [-0.2, 0) is 6.18 Å². The molecule has 116 valence electrons. The van der Waals surface area contributed by atoms with E-state index in [1.54, 1.807) is 0 Å². The van der Waals surface area contributed by atoms with Crippen LogP contribution in [0.4, 0.5) is 17.6 Å². The fourth-order valence-electron chi connectivity index (χ4n) is 2.33. The quantitative estimate of drug-likeness (QED) is 0.840. The molecule has 1 heterocycles. The van der Waals surface area contributed by atoms with Crippen LogP contribution in [0.3, 0.4) is 0 Å². The fourth-order valence-corrected chi connectivity index (χ4v) is 2.33. The first-order valence-electron chi connectivity index (χ1n) is 6.76. The molecular formula is C14H16F4N2O. The van der Waals surface area contributed by atoms with Crippen molar-refractivity contribution in [3.05, 3.63) is 35.1 Å². The topological polar surface area (TPSA) is 41.1 Å². The Morgan fingerprint density at radius 1 is 1.38 bits per heavy atom. The van der Waals surface area contributed by atoms with Gasteiger partial charge in [0.25, 0.3) is 5.91 Å². The Kier molecular flexibility index (Phi) is 4.82. The number of carbonyl (C=O) groups excluding carboxylic acids is 1. The number of hydrogen-bond acceptors (Lipinski definition) is 2. The summed E-state index contributed by atoms with van der Waals surface area (Å²) >= 11 is 0. The van der Waals surface area contributed by atoms with Gasteiger partial charge in [-0.1, -0.05) is 0 Å². The first kappa shape index (κ1) is 15.8. The van der Waals surface area contributed by atoms with E-state index in [0.717, 1.165) is 19.4 Å². The van der Waals surface area contributed by atoms with Gasteiger partial charge in [0.1, 0.15) is 5.82 Å². The number of alkyl halides is 3. The minimum atomic E-state index is -4.60. The molecule has 0 aromatic heterocycles. The van der Waals surface area contributed by atoms with E-state index in [1.165, 1.54) is 0 Å². The molecule has 2 rings (SSSR count). The van der Waals surface area contributed by atoms with Crippen LogP contribution in [0, 0.1) is 5.82 Å². The van der Waals surface area contributed by atoms with Crippen molar-refractivity contribution in [3.8, 4) is 0 Å². The van der Waals surface area contributed by atoms with E-state index >= 15 is 0 Å². The number of halogens is 4. The Labute approximate surface area is 119 Å². The van der Waals surface area contributed by atoms with E-state index in [-0.39, 0.29) is 0 Å². The molecule has 7 heteroatoms. The molecule has 1 unspecified atom stereocenters. The molecule has 21 heavy (non-hydrogen) atoms. The molecule has 0 saturated carbocycles. The van der Waals surface area contributed by atoms with Gasteiger partial charge in [-0.2, -0.15) is 13.2 Å². The summed E-state index contributed by atoms with van der Waals surface area (Å²) in [5.74, 6) is -1.78. The molecule has 0 spiro atoms. The van der Waals surface area contributed by atoms with Crippen LogP contribution in [0.5, 0.6) is 0 Å². The van der Waals surface area contributed by atoms with Gasteiger partial charge in [0, 0.05) is 12.6 Å². The van der Waals surface area contributed by atoms with Gasteiger partial charge in [-0.05, 0) is 44.0 Å². The van der Waals surface area contributed by atoms with Gasteiger partial charge < -0.3 is 10.6 Å². The Hall–Kier alpha value is -1.63. The molecule has 1 fully saturated rings. The normalized spacial score (nSPS) is 18.8. The van der Waals surface area contributed by atoms with Crippen molar-refractivity contribution in [1.82, 2.24) is 10.6 Å². The lowest BCUT2D eigenvalue weighted by Gasteiger charge is -2.12. The Morgan fingerprint density at radius 2 is 2.14 bits per heavy atom. The maximum Gasteiger partial charge on any atom is 0.416 e. The minimum absolute atomic E-state index is 0.298. The molecule has 2 N–H and O–H groups in total. The molecule has 1 atom stereocenters. The molecular weight excluding hydrogens is 288 g/mol. The maximum absolute atomic E-state index is 13.5. The average Bonchev–Trinajstić information content (AvgIpc) is 2.91. The number of amides is 1. The second-order valence-corrected chi connectivity index (χ2v) is 5.03. The summed E-state index contributed by atoms with van der Waals surface area (Å²) in [6.07, 6.45) is -1.85. The van der Waals surface area contributed by atoms with Gasteiger partial charge in [0.2, 0.25) is 0 Å². The highest BCUT2D eigenvalue weighted by Crippen LogP contribution is 2.30. The van der Waals surface area contributed by atoms with Crippen LogP contribution >= 0.6 is 0 Å². The highest BCUT2D eigenvalue weighted by Gasteiger charge is 2.31. The number of carbonyl (C=O) groups is 1. The molecule has 1 aromatic rings. The Bertz CT molecular complexity index is 510. The zero-order valence-electron chi connectivity index (χ0n) is 11.3. The smallest absolute Gasteiger partial charge is 0.352 e. The van der Waals surface area contributed by atoms with Gasteiger partial charge in [0.15, 0.2) is 0 Å². The number of benzene rings is 1. The second kappa shape index (κ2) is 6.43. The van der Waals surface area contributed by atoms with Crippen molar-refractivity contribution in [2.75, 3.05) is 13.1 Å². The molecule has 0 aliphatic carbocycles. The molecule has 1 aliphatic heterocycles. The summed E-state index contributed by atoms with van der Waals surface area (Å²) in [6, 6.07) is 2.13. The third kappa shape index (κ3) is 4.17. The van der Waals surface area contributed by atoms with E-state index in [9.17, 15) is 22.4 Å². The average molecular weight is 304 g/mol. The van der Waals surface area contributed by atoms with E-state index in [1.807, 2.05) is 0 Å². The van der Waals surface area contributed by atoms with Gasteiger partial charge >= 0.3 is 6.18 Å². The van der Waals surface area contributed by atoms with Gasteiger partial charge in [-0.15, -0.1) is 0 Å². The second-order valence-electron chi connectivity index (χ2n) is 5.03. The summed E-state index contributed by atoms with van der Waals surface area (Å²) in [5, 5.41) is 5.70. The van der Waals surface area contributed by atoms with Crippen molar-refractivity contribution in [2.24, 2.45) is 0 Å².